The summed E-state index contributed by atoms with van der Waals surface area (Å²) in [6, 6.07) is 3.30. The lowest BCUT2D eigenvalue weighted by molar-refractivity contribution is -0.138. The number of aryl methyl sites for hydroxylation is 1. The molecular formula is C14H18FNO4S. The molecule has 0 spiro atoms. The molecule has 1 aliphatic rings. The number of piperidine rings is 1. The van der Waals surface area contributed by atoms with Crippen molar-refractivity contribution in [3.63, 3.8) is 0 Å². The van der Waals surface area contributed by atoms with Gasteiger partial charge in [0.05, 0.1) is 6.42 Å². The van der Waals surface area contributed by atoms with Gasteiger partial charge in [-0.15, -0.1) is 0 Å². The topological polar surface area (TPSA) is 74.7 Å². The van der Waals surface area contributed by atoms with Gasteiger partial charge in [-0.2, -0.15) is 4.31 Å². The predicted molar refractivity (Wildman–Crippen MR) is 74.9 cm³/mol. The number of rotatable bonds is 4. The van der Waals surface area contributed by atoms with E-state index in [1.165, 1.54) is 12.1 Å². The number of aliphatic carboxylic acids is 1. The standard InChI is InChI=1S/C14H18FNO4S/c1-10-5-6-12(15)13(8-10)21(19,20)16-7-3-2-4-11(16)9-14(17)18/h5-6,8,11H,2-4,7,9H2,1H3,(H,17,18). The number of carbonyl (C=O) groups is 1. The quantitative estimate of drug-likeness (QED) is 0.924. The van der Waals surface area contributed by atoms with Crippen LogP contribution in [-0.4, -0.2) is 36.4 Å². The molecule has 1 saturated heterocycles. The molecule has 0 bridgehead atoms. The van der Waals surface area contributed by atoms with E-state index in [-0.39, 0.29) is 17.9 Å². The second kappa shape index (κ2) is 6.11. The van der Waals surface area contributed by atoms with Crippen molar-refractivity contribution in [1.82, 2.24) is 4.31 Å². The summed E-state index contributed by atoms with van der Waals surface area (Å²) in [7, 11) is -4.01. The minimum atomic E-state index is -4.01. The molecule has 1 unspecified atom stereocenters. The minimum absolute atomic E-state index is 0.230. The molecule has 7 heteroatoms. The van der Waals surface area contributed by atoms with Gasteiger partial charge in [0, 0.05) is 12.6 Å². The summed E-state index contributed by atoms with van der Waals surface area (Å²) in [5, 5.41) is 8.92. The number of nitrogens with zero attached hydrogens (tertiary/aromatic N) is 1. The summed E-state index contributed by atoms with van der Waals surface area (Å²) >= 11 is 0. The smallest absolute Gasteiger partial charge is 0.304 e. The Kier molecular flexibility index (Phi) is 4.63. The molecule has 2 rings (SSSR count). The Balaban J connectivity index is 2.40. The van der Waals surface area contributed by atoms with Gasteiger partial charge < -0.3 is 5.11 Å². The van der Waals surface area contributed by atoms with E-state index in [9.17, 15) is 17.6 Å². The highest BCUT2D eigenvalue weighted by Gasteiger charge is 2.36. The summed E-state index contributed by atoms with van der Waals surface area (Å²) in [6.45, 7) is 1.91. The monoisotopic (exact) mass is 315 g/mol. The average molecular weight is 315 g/mol. The van der Waals surface area contributed by atoms with Crippen molar-refractivity contribution in [2.45, 2.75) is 43.5 Å². The van der Waals surface area contributed by atoms with Gasteiger partial charge in [-0.1, -0.05) is 12.5 Å². The van der Waals surface area contributed by atoms with Gasteiger partial charge in [0.15, 0.2) is 0 Å². The highest BCUT2D eigenvalue weighted by Crippen LogP contribution is 2.28. The fourth-order valence-corrected chi connectivity index (χ4v) is 4.47. The lowest BCUT2D eigenvalue weighted by atomic mass is 10.0. The highest BCUT2D eigenvalue weighted by molar-refractivity contribution is 7.89. The molecule has 5 nitrogen and oxygen atoms in total. The van der Waals surface area contributed by atoms with Crippen LogP contribution in [-0.2, 0) is 14.8 Å². The van der Waals surface area contributed by atoms with Crippen LogP contribution in [0.15, 0.2) is 23.1 Å². The lowest BCUT2D eigenvalue weighted by Gasteiger charge is -2.33. The molecule has 0 amide bonds. The first-order valence-electron chi connectivity index (χ1n) is 6.82. The van der Waals surface area contributed by atoms with Gasteiger partial charge >= 0.3 is 5.97 Å². The SMILES string of the molecule is Cc1ccc(F)c(S(=O)(=O)N2CCCCC2CC(=O)O)c1. The van der Waals surface area contributed by atoms with Gasteiger partial charge in [0.25, 0.3) is 0 Å². The zero-order valence-corrected chi connectivity index (χ0v) is 12.6. The fraction of sp³-hybridized carbons (Fsp3) is 0.500. The van der Waals surface area contributed by atoms with E-state index in [0.717, 1.165) is 16.8 Å². The second-order valence-electron chi connectivity index (χ2n) is 5.30. The molecular weight excluding hydrogens is 297 g/mol. The lowest BCUT2D eigenvalue weighted by Crippen LogP contribution is -2.44. The Morgan fingerprint density at radius 3 is 2.81 bits per heavy atom. The maximum absolute atomic E-state index is 13.9. The van der Waals surface area contributed by atoms with Crippen LogP contribution in [0.4, 0.5) is 4.39 Å². The van der Waals surface area contributed by atoms with E-state index >= 15 is 0 Å². The molecule has 0 saturated carbocycles. The van der Waals surface area contributed by atoms with Crippen LogP contribution in [0.5, 0.6) is 0 Å². The summed E-state index contributed by atoms with van der Waals surface area (Å²) in [4.78, 5) is 10.5. The number of benzene rings is 1. The van der Waals surface area contributed by atoms with E-state index in [1.54, 1.807) is 6.92 Å². The van der Waals surface area contributed by atoms with Crippen LogP contribution in [0.25, 0.3) is 0 Å². The molecule has 0 radical (unpaired) electrons. The molecule has 21 heavy (non-hydrogen) atoms. The first-order chi connectivity index (χ1) is 9.82. The van der Waals surface area contributed by atoms with Gasteiger partial charge in [-0.05, 0) is 37.5 Å². The normalized spacial score (nSPS) is 20.4. The van der Waals surface area contributed by atoms with Crippen molar-refractivity contribution in [3.8, 4) is 0 Å². The van der Waals surface area contributed by atoms with Crippen molar-refractivity contribution < 1.29 is 22.7 Å². The second-order valence-corrected chi connectivity index (χ2v) is 7.16. The molecule has 1 aromatic carbocycles. The Morgan fingerprint density at radius 2 is 2.14 bits per heavy atom. The van der Waals surface area contributed by atoms with Crippen LogP contribution >= 0.6 is 0 Å². The summed E-state index contributed by atoms with van der Waals surface area (Å²) < 4.78 is 40.3. The van der Waals surface area contributed by atoms with Gasteiger partial charge in [0.2, 0.25) is 10.0 Å². The van der Waals surface area contributed by atoms with Crippen LogP contribution < -0.4 is 0 Å². The summed E-state index contributed by atoms with van der Waals surface area (Å²) in [5.74, 6) is -1.85. The van der Waals surface area contributed by atoms with Gasteiger partial charge in [-0.25, -0.2) is 12.8 Å². The Morgan fingerprint density at radius 1 is 1.43 bits per heavy atom. The maximum Gasteiger partial charge on any atom is 0.304 e. The third-order valence-corrected chi connectivity index (χ3v) is 5.62. The average Bonchev–Trinajstić information content (AvgIpc) is 2.41. The Hall–Kier alpha value is -1.47. The van der Waals surface area contributed by atoms with E-state index in [2.05, 4.69) is 0 Å². The summed E-state index contributed by atoms with van der Waals surface area (Å²) in [6.07, 6.45) is 1.66. The van der Waals surface area contributed by atoms with Crippen LogP contribution in [0, 0.1) is 12.7 Å². The third-order valence-electron chi connectivity index (χ3n) is 3.66. The number of carboxylic acids is 1. The van der Waals surface area contributed by atoms with Crippen LogP contribution in [0.3, 0.4) is 0 Å². The minimum Gasteiger partial charge on any atom is -0.481 e. The molecule has 116 valence electrons. The van der Waals surface area contributed by atoms with Crippen molar-refractivity contribution >= 4 is 16.0 Å². The van der Waals surface area contributed by atoms with Gasteiger partial charge in [-0.3, -0.25) is 4.79 Å². The number of carboxylic acid groups (broad SMARTS) is 1. The molecule has 0 aromatic heterocycles. The third kappa shape index (κ3) is 3.41. The van der Waals surface area contributed by atoms with Crippen molar-refractivity contribution in [3.05, 3.63) is 29.6 Å². The number of sulfonamides is 1. The fourth-order valence-electron chi connectivity index (χ4n) is 2.63. The first-order valence-corrected chi connectivity index (χ1v) is 8.26. The Labute approximate surface area is 123 Å². The Bertz CT molecular complexity index is 644. The van der Waals surface area contributed by atoms with E-state index in [0.29, 0.717) is 18.4 Å². The number of hydrogen-bond donors (Lipinski definition) is 1. The van der Waals surface area contributed by atoms with Crippen LogP contribution in [0.2, 0.25) is 0 Å². The van der Waals surface area contributed by atoms with E-state index in [1.807, 2.05) is 0 Å². The maximum atomic E-state index is 13.9. The molecule has 0 aliphatic carbocycles. The van der Waals surface area contributed by atoms with E-state index < -0.39 is 27.9 Å². The van der Waals surface area contributed by atoms with E-state index in [4.69, 9.17) is 5.11 Å². The van der Waals surface area contributed by atoms with Crippen molar-refractivity contribution in [2.24, 2.45) is 0 Å². The van der Waals surface area contributed by atoms with Gasteiger partial charge in [0.1, 0.15) is 10.7 Å². The molecule has 1 fully saturated rings. The first kappa shape index (κ1) is 15.9. The highest BCUT2D eigenvalue weighted by atomic mass is 32.2. The number of hydrogen-bond acceptors (Lipinski definition) is 3. The van der Waals surface area contributed by atoms with Crippen LogP contribution in [0.1, 0.15) is 31.2 Å². The predicted octanol–water partition coefficient (Wildman–Crippen LogP) is 2.15. The van der Waals surface area contributed by atoms with Crippen molar-refractivity contribution in [2.75, 3.05) is 6.54 Å². The summed E-state index contributed by atoms with van der Waals surface area (Å²) in [5.41, 5.74) is 0.641. The van der Waals surface area contributed by atoms with Crippen molar-refractivity contribution in [1.29, 1.82) is 0 Å². The molecule has 1 N–H and O–H groups in total. The number of halogens is 1. The zero-order valence-electron chi connectivity index (χ0n) is 11.8. The molecule has 1 aromatic rings. The molecule has 1 heterocycles. The molecule has 1 atom stereocenters. The zero-order chi connectivity index (χ0) is 15.6. The molecule has 1 aliphatic heterocycles. The largest absolute Gasteiger partial charge is 0.481 e.